The van der Waals surface area contributed by atoms with Crippen LogP contribution in [0, 0.1) is 0 Å². The minimum absolute atomic E-state index is 0.0965. The van der Waals surface area contributed by atoms with E-state index in [4.69, 9.17) is 17.3 Å². The third-order valence-electron chi connectivity index (χ3n) is 3.71. The van der Waals surface area contributed by atoms with Crippen LogP contribution in [-0.4, -0.2) is 11.1 Å². The predicted octanol–water partition coefficient (Wildman–Crippen LogP) is 4.17. The second-order valence-electron chi connectivity index (χ2n) is 5.12. The number of aromatic carboxylic acids is 1. The lowest BCUT2D eigenvalue weighted by Gasteiger charge is -2.26. The molecule has 110 valence electrons. The number of benzene rings is 1. The Bertz CT molecular complexity index is 699. The van der Waals surface area contributed by atoms with Gasteiger partial charge < -0.3 is 16.2 Å². The van der Waals surface area contributed by atoms with E-state index in [0.29, 0.717) is 16.4 Å². The van der Waals surface area contributed by atoms with Crippen LogP contribution in [0.1, 0.15) is 39.7 Å². The van der Waals surface area contributed by atoms with Gasteiger partial charge in [0.25, 0.3) is 0 Å². The summed E-state index contributed by atoms with van der Waals surface area (Å²) in [6.07, 6.45) is 3.14. The number of hydrogen-bond donors (Lipinski definition) is 3. The molecular weight excluding hydrogens is 308 g/mol. The van der Waals surface area contributed by atoms with Gasteiger partial charge in [0.1, 0.15) is 0 Å². The van der Waals surface area contributed by atoms with E-state index in [2.05, 4.69) is 16.8 Å². The van der Waals surface area contributed by atoms with Crippen molar-refractivity contribution in [2.24, 2.45) is 0 Å². The molecule has 6 heteroatoms. The number of fused-ring (bicyclic) bond motifs is 1. The van der Waals surface area contributed by atoms with E-state index in [1.54, 1.807) is 17.4 Å². The van der Waals surface area contributed by atoms with E-state index in [9.17, 15) is 9.90 Å². The van der Waals surface area contributed by atoms with Gasteiger partial charge >= 0.3 is 5.97 Å². The highest BCUT2D eigenvalue weighted by atomic mass is 35.5. The first-order valence-electron chi connectivity index (χ1n) is 6.71. The van der Waals surface area contributed by atoms with Crippen LogP contribution in [0.3, 0.4) is 0 Å². The molecule has 0 amide bonds. The Balaban J connectivity index is 1.98. The third-order valence-corrected chi connectivity index (χ3v) is 5.01. The van der Waals surface area contributed by atoms with Gasteiger partial charge in [-0.2, -0.15) is 0 Å². The molecule has 0 aliphatic heterocycles. The summed E-state index contributed by atoms with van der Waals surface area (Å²) in [6.45, 7) is 0. The summed E-state index contributed by atoms with van der Waals surface area (Å²) >= 11 is 7.94. The quantitative estimate of drug-likeness (QED) is 0.741. The van der Waals surface area contributed by atoms with E-state index >= 15 is 0 Å². The zero-order chi connectivity index (χ0) is 15.0. The Morgan fingerprint density at radius 3 is 3.05 bits per heavy atom. The monoisotopic (exact) mass is 322 g/mol. The van der Waals surface area contributed by atoms with Gasteiger partial charge in [-0.3, -0.25) is 0 Å². The Hall–Kier alpha value is -1.72. The summed E-state index contributed by atoms with van der Waals surface area (Å²) in [5, 5.41) is 15.1. The van der Waals surface area contributed by atoms with Gasteiger partial charge in [-0.05, 0) is 48.4 Å². The van der Waals surface area contributed by atoms with Crippen molar-refractivity contribution < 1.29 is 9.90 Å². The molecule has 1 heterocycles. The molecule has 3 rings (SSSR count). The highest BCUT2D eigenvalue weighted by Gasteiger charge is 2.24. The molecule has 0 saturated carbocycles. The second kappa shape index (κ2) is 5.58. The van der Waals surface area contributed by atoms with Crippen LogP contribution in [0.4, 0.5) is 11.4 Å². The fourth-order valence-corrected chi connectivity index (χ4v) is 4.02. The lowest BCUT2D eigenvalue weighted by Crippen LogP contribution is -2.18. The molecule has 1 aliphatic rings. The highest BCUT2D eigenvalue weighted by Crippen LogP contribution is 2.38. The number of nitrogen functional groups attached to an aromatic ring is 1. The summed E-state index contributed by atoms with van der Waals surface area (Å²) in [7, 11) is 0. The SMILES string of the molecule is Nc1cc(Cl)c(NC2CCCc3sccc32)c(C(=O)O)c1. The topological polar surface area (TPSA) is 75.3 Å². The van der Waals surface area contributed by atoms with Crippen LogP contribution in [0.2, 0.25) is 5.02 Å². The number of nitrogens with two attached hydrogens (primary N) is 1. The number of rotatable bonds is 3. The number of carboxylic acids is 1. The average molecular weight is 323 g/mol. The van der Waals surface area contributed by atoms with Gasteiger partial charge in [0.05, 0.1) is 22.3 Å². The predicted molar refractivity (Wildman–Crippen MR) is 86.4 cm³/mol. The molecule has 1 unspecified atom stereocenters. The fourth-order valence-electron chi connectivity index (χ4n) is 2.75. The maximum atomic E-state index is 11.4. The van der Waals surface area contributed by atoms with Crippen LogP contribution in [-0.2, 0) is 6.42 Å². The summed E-state index contributed by atoms with van der Waals surface area (Å²) in [5.74, 6) is -1.03. The van der Waals surface area contributed by atoms with Crippen LogP contribution in [0.15, 0.2) is 23.6 Å². The van der Waals surface area contributed by atoms with Crippen molar-refractivity contribution in [1.82, 2.24) is 0 Å². The van der Waals surface area contributed by atoms with Crippen molar-refractivity contribution in [3.63, 3.8) is 0 Å². The van der Waals surface area contributed by atoms with Gasteiger partial charge in [0.2, 0.25) is 0 Å². The molecule has 0 spiro atoms. The zero-order valence-corrected chi connectivity index (χ0v) is 12.8. The minimum atomic E-state index is -1.03. The normalized spacial score (nSPS) is 17.3. The van der Waals surface area contributed by atoms with Crippen molar-refractivity contribution >= 4 is 40.3 Å². The molecule has 0 saturated heterocycles. The first-order chi connectivity index (χ1) is 10.1. The van der Waals surface area contributed by atoms with E-state index in [1.165, 1.54) is 16.5 Å². The number of anilines is 2. The number of carboxylic acid groups (broad SMARTS) is 1. The summed E-state index contributed by atoms with van der Waals surface area (Å²) in [4.78, 5) is 12.8. The van der Waals surface area contributed by atoms with Crippen LogP contribution in [0.25, 0.3) is 0 Å². The third kappa shape index (κ3) is 2.71. The van der Waals surface area contributed by atoms with Crippen LogP contribution >= 0.6 is 22.9 Å². The highest BCUT2D eigenvalue weighted by molar-refractivity contribution is 7.10. The smallest absolute Gasteiger partial charge is 0.337 e. The van der Waals surface area contributed by atoms with Crippen LogP contribution < -0.4 is 11.1 Å². The molecule has 0 bridgehead atoms. The van der Waals surface area contributed by atoms with Crippen molar-refractivity contribution in [1.29, 1.82) is 0 Å². The number of carbonyl (C=O) groups is 1. The lowest BCUT2D eigenvalue weighted by molar-refractivity contribution is 0.0698. The molecule has 1 aromatic heterocycles. The molecule has 1 atom stereocenters. The summed E-state index contributed by atoms with van der Waals surface area (Å²) in [5.41, 5.74) is 7.84. The van der Waals surface area contributed by atoms with Crippen LogP contribution in [0.5, 0.6) is 0 Å². The molecule has 4 nitrogen and oxygen atoms in total. The second-order valence-corrected chi connectivity index (χ2v) is 6.53. The lowest BCUT2D eigenvalue weighted by atomic mass is 9.93. The molecule has 1 aromatic carbocycles. The minimum Gasteiger partial charge on any atom is -0.478 e. The number of aryl methyl sites for hydroxylation is 1. The summed E-state index contributed by atoms with van der Waals surface area (Å²) in [6, 6.07) is 5.21. The van der Waals surface area contributed by atoms with Gasteiger partial charge in [0.15, 0.2) is 0 Å². The first kappa shape index (κ1) is 14.2. The standard InChI is InChI=1S/C15H15ClN2O2S/c16-11-7-8(17)6-10(15(19)20)14(11)18-12-2-1-3-13-9(12)4-5-21-13/h4-7,12,18H,1-3,17H2,(H,19,20). The molecule has 21 heavy (non-hydrogen) atoms. The maximum Gasteiger partial charge on any atom is 0.337 e. The number of halogens is 1. The molecule has 0 radical (unpaired) electrons. The Kier molecular flexibility index (Phi) is 3.78. The Labute approximate surface area is 131 Å². The van der Waals surface area contributed by atoms with Crippen molar-refractivity contribution in [2.75, 3.05) is 11.1 Å². The van der Waals surface area contributed by atoms with Crippen molar-refractivity contribution in [3.8, 4) is 0 Å². The average Bonchev–Trinajstić information content (AvgIpc) is 2.90. The molecule has 0 fully saturated rings. The number of hydrogen-bond acceptors (Lipinski definition) is 4. The molecule has 2 aromatic rings. The van der Waals surface area contributed by atoms with Crippen molar-refractivity contribution in [2.45, 2.75) is 25.3 Å². The van der Waals surface area contributed by atoms with E-state index < -0.39 is 5.97 Å². The van der Waals surface area contributed by atoms with E-state index in [0.717, 1.165) is 19.3 Å². The molecule has 4 N–H and O–H groups in total. The van der Waals surface area contributed by atoms with Gasteiger partial charge in [0, 0.05) is 10.6 Å². The zero-order valence-electron chi connectivity index (χ0n) is 11.2. The van der Waals surface area contributed by atoms with Gasteiger partial charge in [-0.1, -0.05) is 11.6 Å². The number of thiophene rings is 1. The van der Waals surface area contributed by atoms with E-state index in [1.807, 2.05) is 0 Å². The maximum absolute atomic E-state index is 11.4. The van der Waals surface area contributed by atoms with Gasteiger partial charge in [-0.15, -0.1) is 11.3 Å². The molecular formula is C15H15ClN2O2S. The number of nitrogens with one attached hydrogen (secondary N) is 1. The largest absolute Gasteiger partial charge is 0.478 e. The Morgan fingerprint density at radius 2 is 2.29 bits per heavy atom. The first-order valence-corrected chi connectivity index (χ1v) is 7.97. The van der Waals surface area contributed by atoms with E-state index in [-0.39, 0.29) is 11.6 Å². The van der Waals surface area contributed by atoms with Crippen molar-refractivity contribution in [3.05, 3.63) is 44.6 Å². The Morgan fingerprint density at radius 1 is 1.48 bits per heavy atom. The fraction of sp³-hybridized carbons (Fsp3) is 0.267. The van der Waals surface area contributed by atoms with Gasteiger partial charge in [-0.25, -0.2) is 4.79 Å². The molecule has 1 aliphatic carbocycles. The summed E-state index contributed by atoms with van der Waals surface area (Å²) < 4.78 is 0.